The molecule has 0 radical (unpaired) electrons. The summed E-state index contributed by atoms with van der Waals surface area (Å²) in [6.07, 6.45) is 1.86. The highest BCUT2D eigenvalue weighted by Gasteiger charge is 2.14. The van der Waals surface area contributed by atoms with E-state index in [1.807, 2.05) is 18.3 Å². The number of nitrogens with zero attached hydrogens (tertiary/aromatic N) is 1. The number of thiophene rings is 1. The first kappa shape index (κ1) is 9.17. The second kappa shape index (κ2) is 3.21. The molecule has 80 valence electrons. The van der Waals surface area contributed by atoms with Crippen molar-refractivity contribution < 1.29 is 14.4 Å². The molecule has 3 heterocycles. The number of hydrogen-bond acceptors (Lipinski definition) is 4. The zero-order valence-electron chi connectivity index (χ0n) is 7.93. The Labute approximate surface area is 93.3 Å². The van der Waals surface area contributed by atoms with Gasteiger partial charge in [0.05, 0.1) is 4.88 Å². The smallest absolute Gasteiger partial charge is 0.374 e. The highest BCUT2D eigenvalue weighted by Crippen LogP contribution is 2.32. The molecule has 0 aliphatic heterocycles. The van der Waals surface area contributed by atoms with Gasteiger partial charge in [-0.3, -0.25) is 0 Å². The summed E-state index contributed by atoms with van der Waals surface area (Å²) in [5.74, 6) is -1.26. The van der Waals surface area contributed by atoms with Crippen LogP contribution in [0.2, 0.25) is 0 Å². The van der Waals surface area contributed by atoms with E-state index < -0.39 is 5.97 Å². The molecule has 0 unspecified atom stereocenters. The van der Waals surface area contributed by atoms with Gasteiger partial charge in [-0.2, -0.15) is 0 Å². The third-order valence-corrected chi connectivity index (χ3v) is 3.32. The van der Waals surface area contributed by atoms with Crippen molar-refractivity contribution in [1.29, 1.82) is 0 Å². The summed E-state index contributed by atoms with van der Waals surface area (Å²) in [6, 6.07) is 5.32. The Morgan fingerprint density at radius 3 is 3.06 bits per heavy atom. The lowest BCUT2D eigenvalue weighted by atomic mass is 10.3. The van der Waals surface area contributed by atoms with E-state index in [4.69, 9.17) is 9.63 Å². The lowest BCUT2D eigenvalue weighted by Crippen LogP contribution is -1.91. The van der Waals surface area contributed by atoms with Crippen LogP contribution in [0, 0.1) is 0 Å². The summed E-state index contributed by atoms with van der Waals surface area (Å²) in [5.41, 5.74) is 0.548. The van der Waals surface area contributed by atoms with Gasteiger partial charge in [-0.25, -0.2) is 4.79 Å². The van der Waals surface area contributed by atoms with Gasteiger partial charge in [-0.15, -0.1) is 11.3 Å². The molecule has 0 bridgehead atoms. The first-order valence-electron chi connectivity index (χ1n) is 4.51. The number of hydrogen-bond donors (Lipinski definition) is 2. The third-order valence-electron chi connectivity index (χ3n) is 2.21. The maximum atomic E-state index is 10.6. The summed E-state index contributed by atoms with van der Waals surface area (Å²) < 4.78 is 4.70. The molecule has 3 rings (SSSR count). The molecule has 2 N–H and O–H groups in total. The molecule has 0 aliphatic rings. The molecule has 0 amide bonds. The molecule has 0 saturated carbocycles. The molecule has 0 saturated heterocycles. The minimum Gasteiger partial charge on any atom is -0.475 e. The second-order valence-electron chi connectivity index (χ2n) is 3.25. The molecule has 0 fully saturated rings. The highest BCUT2D eigenvalue weighted by atomic mass is 32.1. The largest absolute Gasteiger partial charge is 0.475 e. The molecule has 0 aromatic carbocycles. The summed E-state index contributed by atoms with van der Waals surface area (Å²) >= 11 is 1.51. The molecule has 3 aromatic rings. The van der Waals surface area contributed by atoms with Crippen molar-refractivity contribution in [3.8, 4) is 10.6 Å². The van der Waals surface area contributed by atoms with E-state index in [1.165, 1.54) is 17.4 Å². The lowest BCUT2D eigenvalue weighted by molar-refractivity contribution is 0.0652. The number of rotatable bonds is 2. The van der Waals surface area contributed by atoms with Crippen molar-refractivity contribution in [2.45, 2.75) is 0 Å². The van der Waals surface area contributed by atoms with Gasteiger partial charge < -0.3 is 14.6 Å². The number of aromatic carboxylic acids is 1. The number of H-pyrrole nitrogens is 1. The van der Waals surface area contributed by atoms with Gasteiger partial charge in [0.1, 0.15) is 10.5 Å². The van der Waals surface area contributed by atoms with E-state index >= 15 is 0 Å². The summed E-state index contributed by atoms with van der Waals surface area (Å²) in [5, 5.41) is 13.5. The Hall–Kier alpha value is -2.08. The summed E-state index contributed by atoms with van der Waals surface area (Å²) in [7, 11) is 0. The van der Waals surface area contributed by atoms with E-state index in [9.17, 15) is 4.79 Å². The van der Waals surface area contributed by atoms with Crippen molar-refractivity contribution in [3.05, 3.63) is 30.2 Å². The summed E-state index contributed by atoms with van der Waals surface area (Å²) in [4.78, 5) is 15.6. The Morgan fingerprint density at radius 1 is 1.50 bits per heavy atom. The Morgan fingerprint density at radius 2 is 2.38 bits per heavy atom. The van der Waals surface area contributed by atoms with Gasteiger partial charge in [-0.1, -0.05) is 5.16 Å². The van der Waals surface area contributed by atoms with Crippen molar-refractivity contribution >= 4 is 27.5 Å². The molecule has 6 heteroatoms. The zero-order valence-corrected chi connectivity index (χ0v) is 8.75. The number of carboxylic acid groups (broad SMARTS) is 1. The number of carboxylic acids is 1. The van der Waals surface area contributed by atoms with Crippen LogP contribution in [0.25, 0.3) is 20.8 Å². The predicted octanol–water partition coefficient (Wildman–Crippen LogP) is 2.58. The van der Waals surface area contributed by atoms with Crippen LogP contribution in [-0.4, -0.2) is 21.2 Å². The fourth-order valence-corrected chi connectivity index (χ4v) is 2.45. The van der Waals surface area contributed by atoms with E-state index in [-0.39, 0.29) is 5.76 Å². The van der Waals surface area contributed by atoms with Crippen molar-refractivity contribution in [2.24, 2.45) is 0 Å². The average Bonchev–Trinajstić information content (AvgIpc) is 2.91. The van der Waals surface area contributed by atoms with Gasteiger partial charge in [0.15, 0.2) is 0 Å². The molecule has 16 heavy (non-hydrogen) atoms. The maximum absolute atomic E-state index is 10.6. The Bertz CT molecular complexity index is 636. The van der Waals surface area contributed by atoms with Gasteiger partial charge >= 0.3 is 5.97 Å². The van der Waals surface area contributed by atoms with Gasteiger partial charge in [0.25, 0.3) is 0 Å². The van der Waals surface area contributed by atoms with E-state index in [0.29, 0.717) is 5.69 Å². The van der Waals surface area contributed by atoms with Crippen LogP contribution in [0.4, 0.5) is 0 Å². The normalized spacial score (nSPS) is 11.0. The first-order chi connectivity index (χ1) is 7.74. The lowest BCUT2D eigenvalue weighted by Gasteiger charge is -1.83. The standard InChI is InChI=1S/C10H6N2O3S/c13-10(14)7-4-6(12-15-7)8-3-5-1-2-11-9(5)16-8/h1-4,11H,(H,13,14). The van der Waals surface area contributed by atoms with Gasteiger partial charge in [-0.05, 0) is 12.1 Å². The molecular formula is C10H6N2O3S. The van der Waals surface area contributed by atoms with Gasteiger partial charge in [0, 0.05) is 17.6 Å². The molecule has 0 spiro atoms. The van der Waals surface area contributed by atoms with Crippen LogP contribution in [0.15, 0.2) is 28.9 Å². The van der Waals surface area contributed by atoms with E-state index in [0.717, 1.165) is 15.1 Å². The molecule has 3 aromatic heterocycles. The van der Waals surface area contributed by atoms with Crippen LogP contribution in [-0.2, 0) is 0 Å². The fourth-order valence-electron chi connectivity index (χ4n) is 1.47. The third kappa shape index (κ3) is 1.31. The molecule has 5 nitrogen and oxygen atoms in total. The van der Waals surface area contributed by atoms with Crippen LogP contribution < -0.4 is 0 Å². The van der Waals surface area contributed by atoms with E-state index in [2.05, 4.69) is 10.1 Å². The molecular weight excluding hydrogens is 228 g/mol. The molecule has 0 aliphatic carbocycles. The topological polar surface area (TPSA) is 79.1 Å². The van der Waals surface area contributed by atoms with Crippen molar-refractivity contribution in [1.82, 2.24) is 10.1 Å². The number of fused-ring (bicyclic) bond motifs is 1. The Kier molecular flexibility index (Phi) is 1.84. The minimum absolute atomic E-state index is 0.146. The number of aromatic nitrogens is 2. The quantitative estimate of drug-likeness (QED) is 0.714. The monoisotopic (exact) mass is 234 g/mol. The van der Waals surface area contributed by atoms with Crippen LogP contribution >= 0.6 is 11.3 Å². The fraction of sp³-hybridized carbons (Fsp3) is 0. The molecule has 0 atom stereocenters. The number of carbonyl (C=O) groups is 1. The van der Waals surface area contributed by atoms with Crippen molar-refractivity contribution in [3.63, 3.8) is 0 Å². The maximum Gasteiger partial charge on any atom is 0.374 e. The minimum atomic E-state index is -1.11. The first-order valence-corrected chi connectivity index (χ1v) is 5.33. The van der Waals surface area contributed by atoms with Crippen LogP contribution in [0.5, 0.6) is 0 Å². The SMILES string of the molecule is O=C(O)c1cc(-c2cc3cc[nH]c3s2)no1. The van der Waals surface area contributed by atoms with Crippen molar-refractivity contribution in [2.75, 3.05) is 0 Å². The second-order valence-corrected chi connectivity index (χ2v) is 4.31. The van der Waals surface area contributed by atoms with Crippen LogP contribution in [0.1, 0.15) is 10.6 Å². The van der Waals surface area contributed by atoms with Crippen LogP contribution in [0.3, 0.4) is 0 Å². The summed E-state index contributed by atoms with van der Waals surface area (Å²) in [6.45, 7) is 0. The Balaban J connectivity index is 2.08. The average molecular weight is 234 g/mol. The highest BCUT2D eigenvalue weighted by molar-refractivity contribution is 7.21. The predicted molar refractivity (Wildman–Crippen MR) is 58.6 cm³/mol. The zero-order chi connectivity index (χ0) is 11.1. The van der Waals surface area contributed by atoms with Gasteiger partial charge in [0.2, 0.25) is 5.76 Å². The number of aromatic amines is 1. The van der Waals surface area contributed by atoms with E-state index in [1.54, 1.807) is 0 Å². The number of nitrogens with one attached hydrogen (secondary N) is 1.